The second kappa shape index (κ2) is 7.80. The van der Waals surface area contributed by atoms with E-state index in [1.165, 1.54) is 0 Å². The molecule has 0 aliphatic carbocycles. The van der Waals surface area contributed by atoms with Crippen LogP contribution in [-0.4, -0.2) is 34.8 Å². The molecule has 1 atom stereocenters. The van der Waals surface area contributed by atoms with E-state index in [0.29, 0.717) is 23.6 Å². The largest absolute Gasteiger partial charge is 0.325 e. The summed E-state index contributed by atoms with van der Waals surface area (Å²) in [5.41, 5.74) is 0.563. The molecule has 7 heteroatoms. The number of hydrogen-bond donors (Lipinski definition) is 2. The first-order valence-electron chi connectivity index (χ1n) is 8.61. The number of imide groups is 1. The quantitative estimate of drug-likeness (QED) is 0.749. The summed E-state index contributed by atoms with van der Waals surface area (Å²) in [4.78, 5) is 38.2. The van der Waals surface area contributed by atoms with Gasteiger partial charge in [0.05, 0.1) is 0 Å². The molecule has 0 bridgehead atoms. The van der Waals surface area contributed by atoms with E-state index in [0.717, 1.165) is 10.5 Å². The van der Waals surface area contributed by atoms with Gasteiger partial charge in [0.1, 0.15) is 12.1 Å². The number of nitrogens with one attached hydrogen (secondary N) is 2. The maximum Gasteiger partial charge on any atom is 0.325 e. The van der Waals surface area contributed by atoms with E-state index >= 15 is 0 Å². The van der Waals surface area contributed by atoms with Crippen LogP contribution in [0.3, 0.4) is 0 Å². The van der Waals surface area contributed by atoms with Crippen molar-refractivity contribution in [3.63, 3.8) is 0 Å². The Balaban J connectivity index is 1.62. The van der Waals surface area contributed by atoms with Gasteiger partial charge in [0.25, 0.3) is 5.91 Å². The molecule has 1 aliphatic heterocycles. The molecule has 1 fully saturated rings. The highest BCUT2D eigenvalue weighted by Gasteiger charge is 2.47. The zero-order chi connectivity index (χ0) is 19.4. The van der Waals surface area contributed by atoms with E-state index in [-0.39, 0.29) is 6.54 Å². The lowest BCUT2D eigenvalue weighted by Gasteiger charge is -2.21. The molecule has 0 aromatic heterocycles. The number of rotatable bonds is 6. The van der Waals surface area contributed by atoms with E-state index in [9.17, 15) is 14.4 Å². The number of hydrogen-bond acceptors (Lipinski definition) is 3. The Labute approximate surface area is 162 Å². The highest BCUT2D eigenvalue weighted by atomic mass is 35.5. The summed E-state index contributed by atoms with van der Waals surface area (Å²) in [5.74, 6) is -0.863. The summed E-state index contributed by atoms with van der Waals surface area (Å²) in [5, 5.41) is 5.84. The average molecular weight is 386 g/mol. The van der Waals surface area contributed by atoms with E-state index in [2.05, 4.69) is 10.6 Å². The number of nitrogens with zero attached hydrogens (tertiary/aromatic N) is 1. The fraction of sp³-hybridized carbons (Fsp3) is 0.250. The lowest BCUT2D eigenvalue weighted by Crippen LogP contribution is -2.45. The van der Waals surface area contributed by atoms with Crippen molar-refractivity contribution in [2.24, 2.45) is 0 Å². The van der Waals surface area contributed by atoms with Gasteiger partial charge < -0.3 is 10.6 Å². The number of benzene rings is 2. The van der Waals surface area contributed by atoms with Crippen molar-refractivity contribution < 1.29 is 14.4 Å². The second-order valence-electron chi connectivity index (χ2n) is 6.70. The van der Waals surface area contributed by atoms with Crippen molar-refractivity contribution in [1.82, 2.24) is 10.2 Å². The zero-order valence-electron chi connectivity index (χ0n) is 14.9. The number of urea groups is 1. The van der Waals surface area contributed by atoms with Gasteiger partial charge in [-0.15, -0.1) is 0 Å². The zero-order valence-corrected chi connectivity index (χ0v) is 15.6. The Morgan fingerprint density at radius 2 is 1.89 bits per heavy atom. The summed E-state index contributed by atoms with van der Waals surface area (Å²) < 4.78 is 0. The van der Waals surface area contributed by atoms with Crippen LogP contribution in [0, 0.1) is 0 Å². The van der Waals surface area contributed by atoms with Crippen LogP contribution in [0.4, 0.5) is 10.5 Å². The van der Waals surface area contributed by atoms with E-state index in [4.69, 9.17) is 11.6 Å². The summed E-state index contributed by atoms with van der Waals surface area (Å²) in [6.07, 6.45) is 1.10. The van der Waals surface area contributed by atoms with Gasteiger partial charge in [-0.2, -0.15) is 0 Å². The predicted octanol–water partition coefficient (Wildman–Crippen LogP) is 3.22. The molecule has 27 heavy (non-hydrogen) atoms. The van der Waals surface area contributed by atoms with Crippen molar-refractivity contribution >= 4 is 35.1 Å². The summed E-state index contributed by atoms with van der Waals surface area (Å²) in [7, 11) is 0. The van der Waals surface area contributed by atoms with Crippen LogP contribution < -0.4 is 10.6 Å². The number of carbonyl (C=O) groups is 3. The van der Waals surface area contributed by atoms with Crippen molar-refractivity contribution in [3.8, 4) is 0 Å². The topological polar surface area (TPSA) is 78.5 Å². The Morgan fingerprint density at radius 1 is 1.15 bits per heavy atom. The second-order valence-corrected chi connectivity index (χ2v) is 7.13. The molecule has 1 aliphatic rings. The normalized spacial score (nSPS) is 19.1. The molecule has 1 unspecified atom stereocenters. The molecule has 140 valence electrons. The van der Waals surface area contributed by atoms with Gasteiger partial charge in [-0.3, -0.25) is 14.5 Å². The number of halogens is 1. The summed E-state index contributed by atoms with van der Waals surface area (Å²) in [6.45, 7) is 1.34. The fourth-order valence-electron chi connectivity index (χ4n) is 3.01. The molecule has 0 saturated carbocycles. The first-order valence-corrected chi connectivity index (χ1v) is 8.99. The van der Waals surface area contributed by atoms with Gasteiger partial charge in [0.2, 0.25) is 5.91 Å². The van der Waals surface area contributed by atoms with E-state index < -0.39 is 23.4 Å². The third-order valence-corrected chi connectivity index (χ3v) is 4.75. The molecule has 4 amide bonds. The first-order chi connectivity index (χ1) is 12.9. The minimum Gasteiger partial charge on any atom is -0.324 e. The Bertz CT molecular complexity index is 872. The molecular formula is C20H20ClN3O3. The maximum atomic E-state index is 12.7. The molecule has 0 spiro atoms. The molecule has 1 heterocycles. The number of anilines is 1. The van der Waals surface area contributed by atoms with Crippen LogP contribution in [0.2, 0.25) is 5.02 Å². The lowest BCUT2D eigenvalue weighted by atomic mass is 9.93. The average Bonchev–Trinajstić information content (AvgIpc) is 2.84. The number of amides is 4. The summed E-state index contributed by atoms with van der Waals surface area (Å²) >= 11 is 5.89. The minimum atomic E-state index is -1.02. The van der Waals surface area contributed by atoms with Crippen LogP contribution in [0.15, 0.2) is 54.6 Å². The van der Waals surface area contributed by atoms with Crippen molar-refractivity contribution in [2.45, 2.75) is 25.3 Å². The van der Waals surface area contributed by atoms with Crippen LogP contribution in [0.25, 0.3) is 0 Å². The van der Waals surface area contributed by atoms with Crippen molar-refractivity contribution in [2.75, 3.05) is 11.9 Å². The van der Waals surface area contributed by atoms with E-state index in [1.54, 1.807) is 31.2 Å². The Hall–Kier alpha value is -2.86. The van der Waals surface area contributed by atoms with Crippen LogP contribution in [0.5, 0.6) is 0 Å². The lowest BCUT2D eigenvalue weighted by molar-refractivity contribution is -0.133. The third-order valence-electron chi connectivity index (χ3n) is 4.51. The van der Waals surface area contributed by atoms with Crippen LogP contribution in [-0.2, 0) is 16.0 Å². The highest BCUT2D eigenvalue weighted by Crippen LogP contribution is 2.23. The molecule has 2 aromatic rings. The standard InChI is InChI=1S/C20H20ClN3O3/c1-20(11-10-14-6-3-2-4-7-14)18(26)24(19(27)23-20)13-17(25)22-16-9-5-8-15(21)12-16/h2-9,12H,10-11,13H2,1H3,(H,22,25)(H,23,27). The monoisotopic (exact) mass is 385 g/mol. The number of aryl methyl sites for hydroxylation is 1. The van der Waals surface area contributed by atoms with Crippen LogP contribution >= 0.6 is 11.6 Å². The fourth-order valence-corrected chi connectivity index (χ4v) is 3.20. The molecule has 1 saturated heterocycles. The number of carbonyl (C=O) groups excluding carboxylic acids is 3. The summed E-state index contributed by atoms with van der Waals surface area (Å²) in [6, 6.07) is 15.8. The molecule has 2 aromatic carbocycles. The van der Waals surface area contributed by atoms with Crippen LogP contribution in [0.1, 0.15) is 18.9 Å². The first kappa shape index (κ1) is 18.9. The SMILES string of the molecule is CC1(CCc2ccccc2)NC(=O)N(CC(=O)Nc2cccc(Cl)c2)C1=O. The van der Waals surface area contributed by atoms with Gasteiger partial charge in [-0.1, -0.05) is 48.0 Å². The third kappa shape index (κ3) is 4.46. The Morgan fingerprint density at radius 3 is 2.59 bits per heavy atom. The molecule has 6 nitrogen and oxygen atoms in total. The smallest absolute Gasteiger partial charge is 0.324 e. The van der Waals surface area contributed by atoms with Gasteiger partial charge in [0, 0.05) is 10.7 Å². The minimum absolute atomic E-state index is 0.349. The van der Waals surface area contributed by atoms with Crippen molar-refractivity contribution in [1.29, 1.82) is 0 Å². The van der Waals surface area contributed by atoms with Gasteiger partial charge in [-0.25, -0.2) is 4.79 Å². The van der Waals surface area contributed by atoms with Crippen molar-refractivity contribution in [3.05, 3.63) is 65.2 Å². The molecule has 3 rings (SSSR count). The molecule has 0 radical (unpaired) electrons. The predicted molar refractivity (Wildman–Crippen MR) is 103 cm³/mol. The highest BCUT2D eigenvalue weighted by molar-refractivity contribution is 6.30. The molecular weight excluding hydrogens is 366 g/mol. The van der Waals surface area contributed by atoms with Gasteiger partial charge >= 0.3 is 6.03 Å². The molecule has 2 N–H and O–H groups in total. The Kier molecular flexibility index (Phi) is 5.46. The van der Waals surface area contributed by atoms with Gasteiger partial charge in [0.15, 0.2) is 0 Å². The van der Waals surface area contributed by atoms with Gasteiger partial charge in [-0.05, 0) is 43.5 Å². The van der Waals surface area contributed by atoms with E-state index in [1.807, 2.05) is 30.3 Å². The maximum absolute atomic E-state index is 12.7.